The van der Waals surface area contributed by atoms with Gasteiger partial charge >= 0.3 is 0 Å². The summed E-state index contributed by atoms with van der Waals surface area (Å²) in [5.74, 6) is 0. The normalized spacial score (nSPS) is 10.8. The largest absolute Gasteiger partial charge is 0.310 e. The zero-order chi connectivity index (χ0) is 28.2. The third-order valence-corrected chi connectivity index (χ3v) is 7.34. The van der Waals surface area contributed by atoms with Crippen LogP contribution in [0.2, 0.25) is 0 Å². The van der Waals surface area contributed by atoms with Crippen molar-refractivity contribution in [2.24, 2.45) is 0 Å². The topological polar surface area (TPSA) is 6.48 Å². The van der Waals surface area contributed by atoms with Crippen LogP contribution < -0.4 is 9.80 Å². The number of para-hydroxylation sites is 1. The van der Waals surface area contributed by atoms with Gasteiger partial charge in [0.25, 0.3) is 0 Å². The summed E-state index contributed by atoms with van der Waals surface area (Å²) in [6.07, 6.45) is 0. The molecule has 0 spiro atoms. The molecule has 0 aromatic heterocycles. The lowest BCUT2D eigenvalue weighted by atomic mass is 10.0. The van der Waals surface area contributed by atoms with Crippen molar-refractivity contribution >= 4 is 34.1 Å². The second-order valence-corrected chi connectivity index (χ2v) is 10.6. The van der Waals surface area contributed by atoms with Gasteiger partial charge in [-0.05, 0) is 121 Å². The first kappa shape index (κ1) is 26.2. The Morgan fingerprint density at radius 2 is 0.610 bits per heavy atom. The maximum atomic E-state index is 2.34. The van der Waals surface area contributed by atoms with Crippen molar-refractivity contribution in [3.8, 4) is 11.1 Å². The molecule has 0 saturated heterocycles. The highest BCUT2D eigenvalue weighted by Gasteiger charge is 2.16. The van der Waals surface area contributed by atoms with Crippen molar-refractivity contribution < 1.29 is 0 Å². The van der Waals surface area contributed by atoms with E-state index in [1.54, 1.807) is 0 Å². The molecule has 6 rings (SSSR count). The van der Waals surface area contributed by atoms with Crippen LogP contribution in [0.4, 0.5) is 34.1 Å². The van der Waals surface area contributed by atoms with Crippen LogP contribution in [-0.2, 0) is 0 Å². The SMILES string of the molecule is Cc1cccc(N(c2ccccc2)c2cccc(-c3cccc(N(c4cccc(C)c4)c4cccc(C)c4)c3)c2)c1. The smallest absolute Gasteiger partial charge is 0.0467 e. The van der Waals surface area contributed by atoms with E-state index in [4.69, 9.17) is 0 Å². The molecule has 0 aliphatic rings. The number of benzene rings is 6. The number of rotatable bonds is 7. The second-order valence-electron chi connectivity index (χ2n) is 10.6. The van der Waals surface area contributed by atoms with Crippen molar-refractivity contribution in [2.45, 2.75) is 20.8 Å². The first-order chi connectivity index (χ1) is 20.0. The van der Waals surface area contributed by atoms with E-state index in [1.807, 2.05) is 0 Å². The molecule has 2 heteroatoms. The molecule has 0 radical (unpaired) electrons. The second kappa shape index (κ2) is 11.6. The molecule has 6 aromatic rings. The lowest BCUT2D eigenvalue weighted by Gasteiger charge is -2.27. The van der Waals surface area contributed by atoms with E-state index in [-0.39, 0.29) is 0 Å². The van der Waals surface area contributed by atoms with Gasteiger partial charge in [0, 0.05) is 34.1 Å². The average Bonchev–Trinajstić information content (AvgIpc) is 2.99. The van der Waals surface area contributed by atoms with Gasteiger partial charge in [0.05, 0.1) is 0 Å². The fourth-order valence-electron chi connectivity index (χ4n) is 5.42. The maximum Gasteiger partial charge on any atom is 0.0467 e. The first-order valence-corrected chi connectivity index (χ1v) is 14.1. The minimum Gasteiger partial charge on any atom is -0.310 e. The molecule has 0 unspecified atom stereocenters. The highest BCUT2D eigenvalue weighted by molar-refractivity contribution is 5.83. The zero-order valence-electron chi connectivity index (χ0n) is 23.8. The molecule has 0 bridgehead atoms. The van der Waals surface area contributed by atoms with Gasteiger partial charge in [-0.25, -0.2) is 0 Å². The summed E-state index contributed by atoms with van der Waals surface area (Å²) in [7, 11) is 0. The summed E-state index contributed by atoms with van der Waals surface area (Å²) < 4.78 is 0. The molecular formula is C39H34N2. The van der Waals surface area contributed by atoms with Crippen molar-refractivity contribution in [1.82, 2.24) is 0 Å². The molecule has 6 aromatic carbocycles. The standard InChI is InChI=1S/C39H34N2/c1-29-12-7-19-35(24-29)40(34-17-5-4-6-18-34)38-22-10-15-32(27-38)33-16-11-23-39(28-33)41(36-20-8-13-30(2)25-36)37-21-9-14-31(3)26-37/h4-28H,1-3H3. The van der Waals surface area contributed by atoms with Crippen molar-refractivity contribution in [1.29, 1.82) is 0 Å². The number of aryl methyl sites for hydroxylation is 3. The van der Waals surface area contributed by atoms with Crippen LogP contribution in [0.15, 0.2) is 152 Å². The van der Waals surface area contributed by atoms with Gasteiger partial charge in [-0.2, -0.15) is 0 Å². The van der Waals surface area contributed by atoms with E-state index in [0.29, 0.717) is 0 Å². The van der Waals surface area contributed by atoms with Crippen molar-refractivity contribution in [3.63, 3.8) is 0 Å². The third-order valence-electron chi connectivity index (χ3n) is 7.34. The quantitative estimate of drug-likeness (QED) is 0.202. The summed E-state index contributed by atoms with van der Waals surface area (Å²) in [6.45, 7) is 6.43. The van der Waals surface area contributed by atoms with Crippen molar-refractivity contribution in [2.75, 3.05) is 9.80 Å². The maximum absolute atomic E-state index is 2.34. The van der Waals surface area contributed by atoms with Crippen LogP contribution in [0, 0.1) is 20.8 Å². The van der Waals surface area contributed by atoms with Crippen LogP contribution in [0.5, 0.6) is 0 Å². The predicted molar refractivity (Wildman–Crippen MR) is 175 cm³/mol. The Morgan fingerprint density at radius 1 is 0.293 bits per heavy atom. The highest BCUT2D eigenvalue weighted by Crippen LogP contribution is 2.39. The Morgan fingerprint density at radius 3 is 1.00 bits per heavy atom. The summed E-state index contributed by atoms with van der Waals surface area (Å²) in [4.78, 5) is 4.67. The third kappa shape index (κ3) is 5.78. The van der Waals surface area contributed by atoms with E-state index in [0.717, 1.165) is 34.1 Å². The van der Waals surface area contributed by atoms with Gasteiger partial charge in [-0.15, -0.1) is 0 Å². The molecule has 0 atom stereocenters. The Bertz CT molecular complexity index is 1740. The van der Waals surface area contributed by atoms with Gasteiger partial charge in [0.15, 0.2) is 0 Å². The van der Waals surface area contributed by atoms with Gasteiger partial charge in [0.1, 0.15) is 0 Å². The summed E-state index contributed by atoms with van der Waals surface area (Å²) >= 11 is 0. The fourth-order valence-corrected chi connectivity index (χ4v) is 5.42. The zero-order valence-corrected chi connectivity index (χ0v) is 23.8. The molecule has 0 heterocycles. The van der Waals surface area contributed by atoms with Crippen LogP contribution in [0.3, 0.4) is 0 Å². The van der Waals surface area contributed by atoms with E-state index in [9.17, 15) is 0 Å². The summed E-state index contributed by atoms with van der Waals surface area (Å²) in [5, 5.41) is 0. The molecule has 0 aliphatic heterocycles. The summed E-state index contributed by atoms with van der Waals surface area (Å²) in [5.41, 5.74) is 12.9. The molecule has 0 fully saturated rings. The molecule has 0 N–H and O–H groups in total. The van der Waals surface area contributed by atoms with E-state index >= 15 is 0 Å². The molecular weight excluding hydrogens is 496 g/mol. The predicted octanol–water partition coefficient (Wildman–Crippen LogP) is 11.2. The minimum absolute atomic E-state index is 1.12. The molecule has 41 heavy (non-hydrogen) atoms. The number of nitrogens with zero attached hydrogens (tertiary/aromatic N) is 2. The minimum atomic E-state index is 1.12. The van der Waals surface area contributed by atoms with E-state index in [2.05, 4.69) is 182 Å². The van der Waals surface area contributed by atoms with Crippen LogP contribution in [0.1, 0.15) is 16.7 Å². The van der Waals surface area contributed by atoms with Gasteiger partial charge in [-0.1, -0.05) is 78.9 Å². The molecule has 0 aliphatic carbocycles. The molecule has 200 valence electrons. The Kier molecular flexibility index (Phi) is 7.38. The Labute approximate surface area is 243 Å². The van der Waals surface area contributed by atoms with Gasteiger partial charge in [0.2, 0.25) is 0 Å². The molecule has 2 nitrogen and oxygen atoms in total. The Balaban J connectivity index is 1.45. The number of hydrogen-bond donors (Lipinski definition) is 0. The number of hydrogen-bond acceptors (Lipinski definition) is 2. The fraction of sp³-hybridized carbons (Fsp3) is 0.0769. The van der Waals surface area contributed by atoms with Crippen LogP contribution >= 0.6 is 0 Å². The first-order valence-electron chi connectivity index (χ1n) is 14.1. The van der Waals surface area contributed by atoms with E-state index < -0.39 is 0 Å². The van der Waals surface area contributed by atoms with Crippen molar-refractivity contribution in [3.05, 3.63) is 168 Å². The van der Waals surface area contributed by atoms with Crippen LogP contribution in [0.25, 0.3) is 11.1 Å². The molecule has 0 saturated carbocycles. The average molecular weight is 531 g/mol. The van der Waals surface area contributed by atoms with Crippen LogP contribution in [-0.4, -0.2) is 0 Å². The van der Waals surface area contributed by atoms with Gasteiger partial charge < -0.3 is 9.80 Å². The highest BCUT2D eigenvalue weighted by atomic mass is 15.1. The Hall–Kier alpha value is -5.08. The number of anilines is 6. The lowest BCUT2D eigenvalue weighted by molar-refractivity contribution is 1.26. The lowest BCUT2D eigenvalue weighted by Crippen LogP contribution is -2.10. The monoisotopic (exact) mass is 530 g/mol. The van der Waals surface area contributed by atoms with E-state index in [1.165, 1.54) is 27.8 Å². The molecule has 0 amide bonds. The summed E-state index contributed by atoms with van der Waals surface area (Å²) in [6, 6.07) is 54.3. The van der Waals surface area contributed by atoms with Gasteiger partial charge in [-0.3, -0.25) is 0 Å².